The van der Waals surface area contributed by atoms with Crippen molar-refractivity contribution in [3.05, 3.63) is 58.4 Å². The molecule has 0 spiro atoms. The van der Waals surface area contributed by atoms with Crippen molar-refractivity contribution in [1.29, 1.82) is 5.26 Å². The van der Waals surface area contributed by atoms with E-state index in [4.69, 9.17) is 0 Å². The van der Waals surface area contributed by atoms with Crippen LogP contribution in [0, 0.1) is 18.3 Å². The highest BCUT2D eigenvalue weighted by Crippen LogP contribution is 2.33. The lowest BCUT2D eigenvalue weighted by Crippen LogP contribution is -2.33. The average Bonchev–Trinajstić information content (AvgIpc) is 2.90. The maximum absolute atomic E-state index is 9.29. The fourth-order valence-corrected chi connectivity index (χ4v) is 4.02. The predicted molar refractivity (Wildman–Crippen MR) is 106 cm³/mol. The van der Waals surface area contributed by atoms with E-state index in [9.17, 15) is 5.26 Å². The van der Waals surface area contributed by atoms with Gasteiger partial charge in [-0.25, -0.2) is 0 Å². The summed E-state index contributed by atoms with van der Waals surface area (Å²) < 4.78 is 2.00. The van der Waals surface area contributed by atoms with Crippen LogP contribution in [0.2, 0.25) is 0 Å². The SMILES string of the molecule is Cc1c(CN2CCCC[C@@H]2c2ccc(CN(C)C)cc2)cc(C#N)n1C. The van der Waals surface area contributed by atoms with Gasteiger partial charge in [0, 0.05) is 31.9 Å². The molecule has 1 fully saturated rings. The van der Waals surface area contributed by atoms with Crippen molar-refractivity contribution in [3.63, 3.8) is 0 Å². The van der Waals surface area contributed by atoms with E-state index < -0.39 is 0 Å². The molecule has 3 rings (SSSR count). The van der Waals surface area contributed by atoms with Crippen molar-refractivity contribution in [2.45, 2.75) is 45.3 Å². The Bertz CT molecular complexity index is 780. The Morgan fingerprint density at radius 2 is 1.92 bits per heavy atom. The first-order valence-corrected chi connectivity index (χ1v) is 9.52. The first-order chi connectivity index (χ1) is 12.5. The van der Waals surface area contributed by atoms with Gasteiger partial charge in [-0.15, -0.1) is 0 Å². The second-order valence-corrected chi connectivity index (χ2v) is 7.77. The van der Waals surface area contributed by atoms with E-state index >= 15 is 0 Å². The summed E-state index contributed by atoms with van der Waals surface area (Å²) in [4.78, 5) is 4.79. The number of hydrogen-bond acceptors (Lipinski definition) is 3. The largest absolute Gasteiger partial charge is 0.340 e. The number of piperidine rings is 1. The zero-order chi connectivity index (χ0) is 18.7. The molecule has 2 heterocycles. The molecule has 2 aromatic rings. The quantitative estimate of drug-likeness (QED) is 0.818. The lowest BCUT2D eigenvalue weighted by atomic mass is 9.94. The minimum absolute atomic E-state index is 0.474. The molecule has 1 aromatic heterocycles. The van der Waals surface area contributed by atoms with Crippen LogP contribution in [0.5, 0.6) is 0 Å². The molecule has 4 heteroatoms. The second kappa shape index (κ2) is 8.07. The van der Waals surface area contributed by atoms with Gasteiger partial charge in [0.25, 0.3) is 0 Å². The van der Waals surface area contributed by atoms with Crippen molar-refractivity contribution in [3.8, 4) is 6.07 Å². The molecule has 0 radical (unpaired) electrons. The highest BCUT2D eigenvalue weighted by Gasteiger charge is 2.25. The van der Waals surface area contributed by atoms with E-state index in [0.717, 1.165) is 25.3 Å². The minimum Gasteiger partial charge on any atom is -0.340 e. The first-order valence-electron chi connectivity index (χ1n) is 9.52. The van der Waals surface area contributed by atoms with Crippen LogP contribution in [-0.4, -0.2) is 35.0 Å². The van der Waals surface area contributed by atoms with Crippen molar-refractivity contribution >= 4 is 0 Å². The van der Waals surface area contributed by atoms with Crippen LogP contribution in [0.4, 0.5) is 0 Å². The zero-order valence-electron chi connectivity index (χ0n) is 16.5. The third-order valence-electron chi connectivity index (χ3n) is 5.61. The van der Waals surface area contributed by atoms with Crippen LogP contribution in [0.1, 0.15) is 53.4 Å². The Balaban J connectivity index is 1.79. The Morgan fingerprint density at radius 1 is 1.19 bits per heavy atom. The Morgan fingerprint density at radius 3 is 2.54 bits per heavy atom. The van der Waals surface area contributed by atoms with Gasteiger partial charge in [-0.3, -0.25) is 4.90 Å². The molecule has 1 aliphatic rings. The summed E-state index contributed by atoms with van der Waals surface area (Å²) in [5.74, 6) is 0. The number of rotatable bonds is 5. The van der Waals surface area contributed by atoms with Crippen molar-refractivity contribution < 1.29 is 0 Å². The molecule has 0 aliphatic carbocycles. The van der Waals surface area contributed by atoms with Gasteiger partial charge in [0.1, 0.15) is 11.8 Å². The van der Waals surface area contributed by atoms with Gasteiger partial charge in [-0.2, -0.15) is 5.26 Å². The zero-order valence-corrected chi connectivity index (χ0v) is 16.5. The molecule has 1 saturated heterocycles. The van der Waals surface area contributed by atoms with Gasteiger partial charge in [-0.1, -0.05) is 30.7 Å². The fraction of sp³-hybridized carbons (Fsp3) is 0.500. The molecule has 0 N–H and O–H groups in total. The lowest BCUT2D eigenvalue weighted by Gasteiger charge is -2.36. The maximum atomic E-state index is 9.29. The summed E-state index contributed by atoms with van der Waals surface area (Å²) >= 11 is 0. The summed E-state index contributed by atoms with van der Waals surface area (Å²) in [5.41, 5.74) is 6.01. The third kappa shape index (κ3) is 4.00. The summed E-state index contributed by atoms with van der Waals surface area (Å²) in [6.07, 6.45) is 3.76. The van der Waals surface area contributed by atoms with Crippen molar-refractivity contribution in [1.82, 2.24) is 14.4 Å². The average molecular weight is 351 g/mol. The molecular weight excluding hydrogens is 320 g/mol. The minimum atomic E-state index is 0.474. The number of likely N-dealkylation sites (tertiary alicyclic amines) is 1. The summed E-state index contributed by atoms with van der Waals surface area (Å²) in [5, 5.41) is 9.29. The summed E-state index contributed by atoms with van der Waals surface area (Å²) in [7, 11) is 6.19. The summed E-state index contributed by atoms with van der Waals surface area (Å²) in [6, 6.07) is 14.0. The summed E-state index contributed by atoms with van der Waals surface area (Å²) in [6.45, 7) is 5.14. The van der Waals surface area contributed by atoms with Gasteiger partial charge in [0.2, 0.25) is 0 Å². The molecule has 0 amide bonds. The Labute approximate surface area is 157 Å². The van der Waals surface area contributed by atoms with Crippen LogP contribution in [-0.2, 0) is 20.1 Å². The molecular formula is C22H30N4. The second-order valence-electron chi connectivity index (χ2n) is 7.77. The number of nitriles is 1. The number of hydrogen-bond donors (Lipinski definition) is 0. The van der Waals surface area contributed by atoms with Crippen molar-refractivity contribution in [2.75, 3.05) is 20.6 Å². The Kier molecular flexibility index (Phi) is 5.80. The van der Waals surface area contributed by atoms with E-state index in [1.807, 2.05) is 11.6 Å². The van der Waals surface area contributed by atoms with E-state index in [0.29, 0.717) is 6.04 Å². The van der Waals surface area contributed by atoms with Gasteiger partial charge in [0.15, 0.2) is 0 Å². The fourth-order valence-electron chi connectivity index (χ4n) is 4.02. The van der Waals surface area contributed by atoms with Crippen molar-refractivity contribution in [2.24, 2.45) is 7.05 Å². The van der Waals surface area contributed by atoms with E-state index in [-0.39, 0.29) is 0 Å². The monoisotopic (exact) mass is 350 g/mol. The molecule has 138 valence electrons. The van der Waals surface area contributed by atoms with E-state index in [1.54, 1.807) is 0 Å². The maximum Gasteiger partial charge on any atom is 0.120 e. The number of aromatic nitrogens is 1. The predicted octanol–water partition coefficient (Wildman–Crippen LogP) is 3.99. The van der Waals surface area contributed by atoms with Gasteiger partial charge in [0.05, 0.1) is 0 Å². The number of benzene rings is 1. The van der Waals surface area contributed by atoms with E-state index in [1.165, 1.54) is 41.6 Å². The molecule has 0 saturated carbocycles. The van der Waals surface area contributed by atoms with Crippen LogP contribution in [0.3, 0.4) is 0 Å². The normalized spacial score (nSPS) is 18.2. The molecule has 1 atom stereocenters. The van der Waals surface area contributed by atoms with Crippen LogP contribution in [0.25, 0.3) is 0 Å². The first kappa shape index (κ1) is 18.7. The third-order valence-corrected chi connectivity index (χ3v) is 5.61. The van der Waals surface area contributed by atoms with Gasteiger partial charge in [-0.05, 0) is 63.2 Å². The van der Waals surface area contributed by atoms with Gasteiger partial charge < -0.3 is 9.47 Å². The highest BCUT2D eigenvalue weighted by atomic mass is 15.2. The molecule has 1 aliphatic heterocycles. The lowest BCUT2D eigenvalue weighted by molar-refractivity contribution is 0.140. The number of nitrogens with zero attached hydrogens (tertiary/aromatic N) is 4. The molecule has 26 heavy (non-hydrogen) atoms. The molecule has 0 bridgehead atoms. The highest BCUT2D eigenvalue weighted by molar-refractivity contribution is 5.34. The standard InChI is InChI=1S/C22H30N4/c1-17-20(13-21(14-23)25(17)4)16-26-12-6-5-7-22(26)19-10-8-18(9-11-19)15-24(2)3/h8-11,13,22H,5-7,12,15-16H2,1-4H3/t22-/m1/s1. The van der Waals surface area contributed by atoms with Crippen LogP contribution < -0.4 is 0 Å². The Hall–Kier alpha value is -2.09. The topological polar surface area (TPSA) is 35.2 Å². The molecule has 1 aromatic carbocycles. The van der Waals surface area contributed by atoms with Gasteiger partial charge >= 0.3 is 0 Å². The molecule has 4 nitrogen and oxygen atoms in total. The smallest absolute Gasteiger partial charge is 0.120 e. The van der Waals surface area contributed by atoms with Crippen LogP contribution >= 0.6 is 0 Å². The van der Waals surface area contributed by atoms with E-state index in [2.05, 4.69) is 67.2 Å². The van der Waals surface area contributed by atoms with Crippen LogP contribution in [0.15, 0.2) is 30.3 Å². The molecule has 0 unspecified atom stereocenters.